The predicted molar refractivity (Wildman–Crippen MR) is 79.2 cm³/mol. The summed E-state index contributed by atoms with van der Waals surface area (Å²) in [6.07, 6.45) is -0.223. The third kappa shape index (κ3) is 1.91. The molecule has 0 aliphatic carbocycles. The normalized spacial score (nSPS) is 16.9. The maximum absolute atomic E-state index is 12.4. The van der Waals surface area contributed by atoms with Gasteiger partial charge in [0, 0.05) is 18.2 Å². The summed E-state index contributed by atoms with van der Waals surface area (Å²) in [6.45, 7) is 4.06. The first-order valence-corrected chi connectivity index (χ1v) is 6.66. The number of benzene rings is 2. The van der Waals surface area contributed by atoms with Crippen molar-refractivity contribution in [2.75, 3.05) is 12.4 Å². The van der Waals surface area contributed by atoms with E-state index in [9.17, 15) is 4.79 Å². The number of hydrogen-bond acceptors (Lipinski definition) is 2. The van der Waals surface area contributed by atoms with Crippen LogP contribution in [0.3, 0.4) is 0 Å². The number of carbonyl (C=O) groups excluding carboxylic acids is 1. The van der Waals surface area contributed by atoms with Gasteiger partial charge in [0.1, 0.15) is 6.10 Å². The quantitative estimate of drug-likeness (QED) is 0.857. The number of nitrogens with one attached hydrogen (secondary N) is 1. The Labute approximate surface area is 118 Å². The Morgan fingerprint density at radius 1 is 1.10 bits per heavy atom. The fourth-order valence-electron chi connectivity index (χ4n) is 2.91. The van der Waals surface area contributed by atoms with Crippen molar-refractivity contribution in [2.24, 2.45) is 0 Å². The van der Waals surface area contributed by atoms with Gasteiger partial charge in [0.2, 0.25) is 0 Å². The number of methoxy groups -OCH3 is 1. The van der Waals surface area contributed by atoms with Crippen LogP contribution in [-0.2, 0) is 4.74 Å². The average molecular weight is 267 g/mol. The summed E-state index contributed by atoms with van der Waals surface area (Å²) in [6, 6.07) is 11.8. The summed E-state index contributed by atoms with van der Waals surface area (Å²) in [5.41, 5.74) is 5.69. The molecule has 1 aliphatic rings. The fraction of sp³-hybridized carbons (Fsp3) is 0.235. The van der Waals surface area contributed by atoms with Gasteiger partial charge in [-0.3, -0.25) is 4.79 Å². The lowest BCUT2D eigenvalue weighted by atomic mass is 9.94. The molecule has 0 aromatic heterocycles. The minimum Gasteiger partial charge on any atom is -0.372 e. The van der Waals surface area contributed by atoms with Gasteiger partial charge in [0.25, 0.3) is 5.91 Å². The van der Waals surface area contributed by atoms with Crippen molar-refractivity contribution in [3.05, 3.63) is 64.2 Å². The fourth-order valence-corrected chi connectivity index (χ4v) is 2.91. The Bertz CT molecular complexity index is 691. The van der Waals surface area contributed by atoms with Crippen molar-refractivity contribution < 1.29 is 9.53 Å². The summed E-state index contributed by atoms with van der Waals surface area (Å²) >= 11 is 0. The summed E-state index contributed by atoms with van der Waals surface area (Å²) in [5, 5.41) is 3.02. The zero-order chi connectivity index (χ0) is 14.3. The molecule has 0 spiro atoms. The lowest BCUT2D eigenvalue weighted by Crippen LogP contribution is -2.12. The first kappa shape index (κ1) is 12.9. The van der Waals surface area contributed by atoms with Crippen LogP contribution in [0.5, 0.6) is 0 Å². The topological polar surface area (TPSA) is 38.3 Å². The Balaban J connectivity index is 2.31. The van der Waals surface area contributed by atoms with Crippen molar-refractivity contribution in [1.29, 1.82) is 0 Å². The Morgan fingerprint density at radius 2 is 1.85 bits per heavy atom. The molecule has 0 saturated heterocycles. The molecule has 0 fully saturated rings. The molecule has 1 atom stereocenters. The van der Waals surface area contributed by atoms with Crippen molar-refractivity contribution in [1.82, 2.24) is 0 Å². The van der Waals surface area contributed by atoms with E-state index < -0.39 is 0 Å². The summed E-state index contributed by atoms with van der Waals surface area (Å²) in [7, 11) is 1.68. The molecule has 102 valence electrons. The number of ether oxygens (including phenoxy) is 1. The Hall–Kier alpha value is -2.13. The molecular weight excluding hydrogens is 250 g/mol. The van der Waals surface area contributed by atoms with Gasteiger partial charge in [0.15, 0.2) is 0 Å². The van der Waals surface area contributed by atoms with Crippen LogP contribution in [-0.4, -0.2) is 13.0 Å². The molecule has 1 aliphatic heterocycles. The summed E-state index contributed by atoms with van der Waals surface area (Å²) < 4.78 is 5.69. The maximum Gasteiger partial charge on any atom is 0.256 e. The molecule has 2 aromatic rings. The third-order valence-electron chi connectivity index (χ3n) is 3.75. The molecule has 0 radical (unpaired) electrons. The Kier molecular flexibility index (Phi) is 3.07. The van der Waals surface area contributed by atoms with E-state index in [-0.39, 0.29) is 12.0 Å². The first-order valence-electron chi connectivity index (χ1n) is 6.66. The van der Waals surface area contributed by atoms with Crippen LogP contribution < -0.4 is 5.32 Å². The van der Waals surface area contributed by atoms with E-state index >= 15 is 0 Å². The Morgan fingerprint density at radius 3 is 2.60 bits per heavy atom. The molecular formula is C17H17NO2. The number of anilines is 1. The average Bonchev–Trinajstić information content (AvgIpc) is 2.54. The molecule has 3 rings (SSSR count). The van der Waals surface area contributed by atoms with Crippen molar-refractivity contribution in [2.45, 2.75) is 20.0 Å². The molecule has 1 heterocycles. The zero-order valence-electron chi connectivity index (χ0n) is 11.9. The monoisotopic (exact) mass is 267 g/mol. The molecule has 2 aromatic carbocycles. The second kappa shape index (κ2) is 4.76. The zero-order valence-corrected chi connectivity index (χ0v) is 11.9. The number of fused-ring (bicyclic) bond motifs is 2. The highest BCUT2D eigenvalue weighted by Crippen LogP contribution is 2.38. The smallest absolute Gasteiger partial charge is 0.256 e. The van der Waals surface area contributed by atoms with Gasteiger partial charge < -0.3 is 10.1 Å². The number of rotatable bonds is 1. The maximum atomic E-state index is 12.4. The van der Waals surface area contributed by atoms with Crippen LogP contribution >= 0.6 is 0 Å². The van der Waals surface area contributed by atoms with Crippen molar-refractivity contribution in [3.63, 3.8) is 0 Å². The predicted octanol–water partition coefficient (Wildman–Crippen LogP) is 3.60. The minimum absolute atomic E-state index is 0.0756. The van der Waals surface area contributed by atoms with Crippen LogP contribution in [0.25, 0.3) is 0 Å². The number of hydrogen-bond donors (Lipinski definition) is 1. The third-order valence-corrected chi connectivity index (χ3v) is 3.75. The number of amides is 1. The van der Waals surface area contributed by atoms with E-state index in [4.69, 9.17) is 4.74 Å². The summed E-state index contributed by atoms with van der Waals surface area (Å²) in [5.74, 6) is -0.0756. The van der Waals surface area contributed by atoms with Gasteiger partial charge in [-0.15, -0.1) is 0 Å². The van der Waals surface area contributed by atoms with E-state index in [1.807, 2.05) is 31.2 Å². The highest BCUT2D eigenvalue weighted by atomic mass is 16.5. The van der Waals surface area contributed by atoms with Gasteiger partial charge in [-0.1, -0.05) is 35.9 Å². The van der Waals surface area contributed by atoms with Crippen LogP contribution in [0.2, 0.25) is 0 Å². The second-order valence-electron chi connectivity index (χ2n) is 5.20. The molecule has 0 saturated carbocycles. The van der Waals surface area contributed by atoms with Crippen LogP contribution in [0, 0.1) is 13.8 Å². The van der Waals surface area contributed by atoms with E-state index in [1.165, 1.54) is 0 Å². The van der Waals surface area contributed by atoms with E-state index in [0.717, 1.165) is 27.9 Å². The SMILES string of the molecule is COC1c2ccccc2C(=O)Nc2c(C)cc(C)cc21. The van der Waals surface area contributed by atoms with E-state index in [2.05, 4.69) is 24.4 Å². The van der Waals surface area contributed by atoms with Gasteiger partial charge in [-0.2, -0.15) is 0 Å². The van der Waals surface area contributed by atoms with Crippen LogP contribution in [0.1, 0.15) is 38.7 Å². The minimum atomic E-state index is -0.223. The number of aryl methyl sites for hydroxylation is 2. The van der Waals surface area contributed by atoms with Crippen molar-refractivity contribution in [3.8, 4) is 0 Å². The largest absolute Gasteiger partial charge is 0.372 e. The molecule has 3 nitrogen and oxygen atoms in total. The first-order chi connectivity index (χ1) is 9.61. The van der Waals surface area contributed by atoms with Crippen LogP contribution in [0.15, 0.2) is 36.4 Å². The van der Waals surface area contributed by atoms with Crippen LogP contribution in [0.4, 0.5) is 5.69 Å². The molecule has 1 N–H and O–H groups in total. The molecule has 20 heavy (non-hydrogen) atoms. The second-order valence-corrected chi connectivity index (χ2v) is 5.20. The number of carbonyl (C=O) groups is 1. The lowest BCUT2D eigenvalue weighted by molar-refractivity contribution is 0.102. The highest BCUT2D eigenvalue weighted by Gasteiger charge is 2.28. The molecule has 3 heteroatoms. The van der Waals surface area contributed by atoms with Gasteiger partial charge in [-0.25, -0.2) is 0 Å². The van der Waals surface area contributed by atoms with Gasteiger partial charge >= 0.3 is 0 Å². The van der Waals surface area contributed by atoms with Gasteiger partial charge in [-0.05, 0) is 31.0 Å². The van der Waals surface area contributed by atoms with Gasteiger partial charge in [0.05, 0.1) is 5.69 Å². The van der Waals surface area contributed by atoms with E-state index in [1.54, 1.807) is 7.11 Å². The van der Waals surface area contributed by atoms with E-state index in [0.29, 0.717) is 5.56 Å². The highest BCUT2D eigenvalue weighted by molar-refractivity contribution is 6.07. The van der Waals surface area contributed by atoms with Crippen molar-refractivity contribution >= 4 is 11.6 Å². The molecule has 1 amide bonds. The molecule has 1 unspecified atom stereocenters. The molecule has 0 bridgehead atoms. The standard InChI is InChI=1S/C17H17NO2/c1-10-8-11(2)15-14(9-10)16(20-3)12-6-4-5-7-13(12)17(19)18-15/h4-9,16H,1-3H3,(H,18,19). The summed E-state index contributed by atoms with van der Waals surface area (Å²) in [4.78, 5) is 12.4. The lowest BCUT2D eigenvalue weighted by Gasteiger charge is -2.19.